The highest BCUT2D eigenvalue weighted by atomic mass is 35.5. The molecule has 0 radical (unpaired) electrons. The van der Waals surface area contributed by atoms with Crippen LogP contribution in [0.3, 0.4) is 0 Å². The molecule has 5 rings (SSSR count). The summed E-state index contributed by atoms with van der Waals surface area (Å²) in [7, 11) is 0. The van der Waals surface area contributed by atoms with E-state index in [1.54, 1.807) is 28.2 Å². The molecule has 4 nitrogen and oxygen atoms in total. The van der Waals surface area contributed by atoms with E-state index in [0.717, 1.165) is 22.0 Å². The molecule has 148 valence electrons. The molecule has 0 aliphatic carbocycles. The summed E-state index contributed by atoms with van der Waals surface area (Å²) in [4.78, 5) is 1.17. The second-order valence-corrected chi connectivity index (χ2v) is 9.92. The van der Waals surface area contributed by atoms with E-state index in [4.69, 9.17) is 28.3 Å². The van der Waals surface area contributed by atoms with E-state index in [-0.39, 0.29) is 4.58 Å². The fraction of sp³-hybridized carbons (Fsp3) is 0.0455. The third-order valence-corrected chi connectivity index (χ3v) is 7.45. The number of benzene rings is 3. The Bertz CT molecular complexity index is 1210. The molecule has 0 fully saturated rings. The molecule has 0 spiro atoms. The summed E-state index contributed by atoms with van der Waals surface area (Å²) in [6.07, 6.45) is 0. The number of aromatic nitrogens is 3. The van der Waals surface area contributed by atoms with Crippen LogP contribution in [0.4, 0.5) is 0 Å². The van der Waals surface area contributed by atoms with Crippen molar-refractivity contribution in [1.82, 2.24) is 14.9 Å². The summed E-state index contributed by atoms with van der Waals surface area (Å²) in [5.74, 6) is 0.684. The average Bonchev–Trinajstić information content (AvgIpc) is 3.18. The number of rotatable bonds is 4. The minimum absolute atomic E-state index is 0.0309. The molecule has 1 aliphatic heterocycles. The topological polar surface area (TPSA) is 43.1 Å². The Balaban J connectivity index is 1.59. The maximum atomic E-state index is 6.11. The third-order valence-electron chi connectivity index (χ3n) is 4.48. The molecule has 0 saturated carbocycles. The summed E-state index contributed by atoms with van der Waals surface area (Å²) < 4.78 is 1.84. The van der Waals surface area contributed by atoms with Crippen LogP contribution in [0.1, 0.15) is 5.56 Å². The van der Waals surface area contributed by atoms with Crippen molar-refractivity contribution in [2.24, 2.45) is 5.10 Å². The largest absolute Gasteiger partial charge is 0.213 e. The van der Waals surface area contributed by atoms with Gasteiger partial charge in [-0.05, 0) is 54.1 Å². The van der Waals surface area contributed by atoms with Gasteiger partial charge in [-0.2, -0.15) is 9.78 Å². The van der Waals surface area contributed by atoms with Gasteiger partial charge in [-0.25, -0.2) is 0 Å². The number of thioether (sulfide) groups is 2. The molecule has 1 unspecified atom stereocenters. The van der Waals surface area contributed by atoms with E-state index in [1.165, 1.54) is 4.90 Å². The zero-order chi connectivity index (χ0) is 20.5. The molecule has 8 heteroatoms. The molecule has 1 atom stereocenters. The van der Waals surface area contributed by atoms with Crippen molar-refractivity contribution in [2.45, 2.75) is 14.6 Å². The van der Waals surface area contributed by atoms with E-state index >= 15 is 0 Å². The van der Waals surface area contributed by atoms with E-state index in [0.29, 0.717) is 15.9 Å². The van der Waals surface area contributed by atoms with Crippen LogP contribution in [0.15, 0.2) is 94.0 Å². The van der Waals surface area contributed by atoms with Gasteiger partial charge in [-0.1, -0.05) is 65.3 Å². The first kappa shape index (κ1) is 19.7. The van der Waals surface area contributed by atoms with E-state index in [1.807, 2.05) is 66.7 Å². The highest BCUT2D eigenvalue weighted by molar-refractivity contribution is 8.18. The lowest BCUT2D eigenvalue weighted by Gasteiger charge is -2.23. The molecule has 0 bridgehead atoms. The standard InChI is InChI=1S/C22H14Cl2N4S2/c23-16-10-6-14(7-11-16)19-21(29-18-4-2-1-3-5-18)30-22-26-25-20(28(22)27-19)15-8-12-17(24)13-9-15/h1-13,21H. The van der Waals surface area contributed by atoms with Gasteiger partial charge >= 0.3 is 0 Å². The highest BCUT2D eigenvalue weighted by Gasteiger charge is 2.30. The lowest BCUT2D eigenvalue weighted by atomic mass is 10.1. The zero-order valence-electron chi connectivity index (χ0n) is 15.4. The molecule has 0 saturated heterocycles. The number of nitrogens with zero attached hydrogens (tertiary/aromatic N) is 4. The van der Waals surface area contributed by atoms with Gasteiger partial charge in [0.25, 0.3) is 0 Å². The minimum atomic E-state index is 0.0309. The lowest BCUT2D eigenvalue weighted by molar-refractivity contribution is 0.760. The number of fused-ring (bicyclic) bond motifs is 1. The molecule has 3 aromatic carbocycles. The van der Waals surface area contributed by atoms with Crippen LogP contribution in [0.2, 0.25) is 10.0 Å². The fourth-order valence-corrected chi connectivity index (χ4v) is 5.73. The Kier molecular flexibility index (Phi) is 5.56. The van der Waals surface area contributed by atoms with Crippen LogP contribution >= 0.6 is 46.7 Å². The molecule has 4 aromatic rings. The Labute approximate surface area is 192 Å². The van der Waals surface area contributed by atoms with Crippen LogP contribution in [-0.4, -0.2) is 25.2 Å². The monoisotopic (exact) mass is 468 g/mol. The maximum absolute atomic E-state index is 6.11. The Morgan fingerprint density at radius 1 is 0.767 bits per heavy atom. The van der Waals surface area contributed by atoms with Crippen molar-refractivity contribution in [3.05, 3.63) is 94.5 Å². The van der Waals surface area contributed by atoms with E-state index < -0.39 is 0 Å². The molecule has 30 heavy (non-hydrogen) atoms. The van der Waals surface area contributed by atoms with Crippen LogP contribution in [0, 0.1) is 0 Å². The molecule has 1 aromatic heterocycles. The van der Waals surface area contributed by atoms with Gasteiger partial charge in [0, 0.05) is 20.5 Å². The number of halogens is 2. The summed E-state index contributed by atoms with van der Waals surface area (Å²) in [6, 6.07) is 25.6. The van der Waals surface area contributed by atoms with Gasteiger partial charge in [0.05, 0.1) is 5.71 Å². The van der Waals surface area contributed by atoms with Crippen LogP contribution < -0.4 is 0 Å². The lowest BCUT2D eigenvalue weighted by Crippen LogP contribution is -2.22. The fourth-order valence-electron chi connectivity index (χ4n) is 3.03. The van der Waals surface area contributed by atoms with Gasteiger partial charge in [0.15, 0.2) is 5.82 Å². The van der Waals surface area contributed by atoms with E-state index in [2.05, 4.69) is 22.3 Å². The second kappa shape index (κ2) is 8.47. The molecular formula is C22H14Cl2N4S2. The van der Waals surface area contributed by atoms with Crippen molar-refractivity contribution in [1.29, 1.82) is 0 Å². The minimum Gasteiger partial charge on any atom is -0.186 e. The number of hydrogen-bond acceptors (Lipinski definition) is 5. The average molecular weight is 469 g/mol. The van der Waals surface area contributed by atoms with Gasteiger partial charge in [-0.15, -0.1) is 22.0 Å². The summed E-state index contributed by atoms with van der Waals surface area (Å²) in [5, 5.41) is 15.9. The quantitative estimate of drug-likeness (QED) is 0.333. The SMILES string of the molecule is Clc1ccc(C2=Nn3c(nnc3-c3ccc(Cl)cc3)SC2Sc2ccccc2)cc1. The van der Waals surface area contributed by atoms with Crippen LogP contribution in [0.25, 0.3) is 11.4 Å². The molecular weight excluding hydrogens is 455 g/mol. The van der Waals surface area contributed by atoms with Gasteiger partial charge in [0.2, 0.25) is 5.16 Å². The van der Waals surface area contributed by atoms with Gasteiger partial charge in [0.1, 0.15) is 4.58 Å². The molecule has 0 amide bonds. The summed E-state index contributed by atoms with van der Waals surface area (Å²) >= 11 is 15.5. The summed E-state index contributed by atoms with van der Waals surface area (Å²) in [5.41, 5.74) is 2.86. The predicted molar refractivity (Wildman–Crippen MR) is 126 cm³/mol. The summed E-state index contributed by atoms with van der Waals surface area (Å²) in [6.45, 7) is 0. The first-order valence-corrected chi connectivity index (χ1v) is 11.6. The maximum Gasteiger partial charge on any atom is 0.213 e. The van der Waals surface area contributed by atoms with E-state index in [9.17, 15) is 0 Å². The van der Waals surface area contributed by atoms with Gasteiger partial charge < -0.3 is 0 Å². The predicted octanol–water partition coefficient (Wildman–Crippen LogP) is 6.73. The second-order valence-electron chi connectivity index (χ2n) is 6.50. The van der Waals surface area contributed by atoms with Gasteiger partial charge in [-0.3, -0.25) is 0 Å². The Morgan fingerprint density at radius 3 is 2.07 bits per heavy atom. The zero-order valence-corrected chi connectivity index (χ0v) is 18.6. The number of hydrogen-bond donors (Lipinski definition) is 0. The first-order chi connectivity index (χ1) is 14.7. The van der Waals surface area contributed by atoms with Crippen molar-refractivity contribution in [3.63, 3.8) is 0 Å². The van der Waals surface area contributed by atoms with Crippen molar-refractivity contribution in [2.75, 3.05) is 0 Å². The van der Waals surface area contributed by atoms with Crippen LogP contribution in [0.5, 0.6) is 0 Å². The van der Waals surface area contributed by atoms with Crippen molar-refractivity contribution >= 4 is 52.4 Å². The smallest absolute Gasteiger partial charge is 0.186 e. The Hall–Kier alpha value is -2.25. The first-order valence-electron chi connectivity index (χ1n) is 9.12. The normalized spacial score (nSPS) is 15.5. The molecule has 1 aliphatic rings. The third kappa shape index (κ3) is 4.01. The van der Waals surface area contributed by atoms with Crippen LogP contribution in [-0.2, 0) is 0 Å². The highest BCUT2D eigenvalue weighted by Crippen LogP contribution is 2.41. The molecule has 0 N–H and O–H groups in total. The Morgan fingerprint density at radius 2 is 1.40 bits per heavy atom. The van der Waals surface area contributed by atoms with Crippen molar-refractivity contribution in [3.8, 4) is 11.4 Å². The van der Waals surface area contributed by atoms with Crippen molar-refractivity contribution < 1.29 is 0 Å². The molecule has 2 heterocycles.